The first kappa shape index (κ1) is 27.0. The van der Waals surface area contributed by atoms with E-state index in [2.05, 4.69) is 0 Å². The molecule has 0 aromatic heterocycles. The molecule has 0 amide bonds. The highest BCUT2D eigenvalue weighted by Crippen LogP contribution is 1.94. The summed E-state index contributed by atoms with van der Waals surface area (Å²) >= 11 is 0. The number of hydrogen-bond acceptors (Lipinski definition) is 9. The normalized spacial score (nSPS) is 12.0. The van der Waals surface area contributed by atoms with Gasteiger partial charge in [-0.2, -0.15) is 0 Å². The number of carboxylic acids is 3. The molecule has 0 aliphatic heterocycles. The molecule has 0 aromatic rings. The Balaban J connectivity index is -0.000000278. The Morgan fingerprint density at radius 2 is 1.38 bits per heavy atom. The van der Waals surface area contributed by atoms with Crippen molar-refractivity contribution in [3.8, 4) is 0 Å². The zero-order valence-corrected chi connectivity index (χ0v) is 13.9. The van der Waals surface area contributed by atoms with Crippen LogP contribution in [0.1, 0.15) is 33.1 Å². The van der Waals surface area contributed by atoms with E-state index in [-0.39, 0.29) is 6.42 Å². The highest BCUT2D eigenvalue weighted by molar-refractivity contribution is 5.77. The minimum atomic E-state index is -1.58. The maximum absolute atomic E-state index is 10.0. The van der Waals surface area contributed by atoms with Crippen LogP contribution >= 0.6 is 0 Å². The van der Waals surface area contributed by atoms with Crippen molar-refractivity contribution in [1.29, 1.82) is 0 Å². The van der Waals surface area contributed by atoms with Crippen LogP contribution in [0.15, 0.2) is 0 Å². The topological polar surface area (TPSA) is 268 Å². The Hall–Kier alpha value is -1.83. The van der Waals surface area contributed by atoms with Gasteiger partial charge < -0.3 is 49.7 Å². The first-order chi connectivity index (χ1) is 10.6. The van der Waals surface area contributed by atoms with Gasteiger partial charge in [-0.15, -0.1) is 0 Å². The molecule has 0 radical (unpaired) electrons. The molecule has 0 fully saturated rings. The fourth-order valence-corrected chi connectivity index (χ4v) is 0.612. The van der Waals surface area contributed by atoms with Gasteiger partial charge in [0.15, 0.2) is 11.3 Å². The van der Waals surface area contributed by atoms with E-state index in [1.807, 2.05) is 0 Å². The van der Waals surface area contributed by atoms with Gasteiger partial charge in [-0.25, -0.2) is 9.59 Å². The highest BCUT2D eigenvalue weighted by atomic mass is 16.4. The smallest absolute Gasteiger partial charge is 0.338 e. The van der Waals surface area contributed by atoms with E-state index in [1.165, 1.54) is 6.92 Å². The number of nitrogens with two attached hydrogens (primary N) is 6. The first-order valence-electron chi connectivity index (χ1n) is 6.94. The summed E-state index contributed by atoms with van der Waals surface area (Å²) in [6, 6.07) is -0.742. The predicted molar refractivity (Wildman–Crippen MR) is 87.3 cm³/mol. The van der Waals surface area contributed by atoms with Crippen LogP contribution in [-0.4, -0.2) is 57.1 Å². The van der Waals surface area contributed by atoms with Crippen molar-refractivity contribution in [1.82, 2.24) is 0 Å². The molecule has 12 heteroatoms. The second-order valence-electron chi connectivity index (χ2n) is 5.16. The third-order valence-electron chi connectivity index (χ3n) is 2.48. The number of aliphatic carboxylic acids is 3. The highest BCUT2D eigenvalue weighted by Gasteiger charge is 2.25. The van der Waals surface area contributed by atoms with Gasteiger partial charge in [0.2, 0.25) is 0 Å². The van der Waals surface area contributed by atoms with Crippen molar-refractivity contribution in [2.75, 3.05) is 6.54 Å². The van der Waals surface area contributed by atoms with Gasteiger partial charge in [0.05, 0.1) is 0 Å². The second-order valence-corrected chi connectivity index (χ2v) is 5.16. The summed E-state index contributed by atoms with van der Waals surface area (Å²) in [5.74, 6) is -3.32. The van der Waals surface area contributed by atoms with E-state index < -0.39 is 35.3 Å². The molecule has 1 atom stereocenters. The molecular weight excluding hydrogens is 324 g/mol. The Morgan fingerprint density at radius 1 is 1.00 bits per heavy atom. The van der Waals surface area contributed by atoms with Crippen LogP contribution in [0.2, 0.25) is 0 Å². The summed E-state index contributed by atoms with van der Waals surface area (Å²) in [5.41, 5.74) is 26.9. The van der Waals surface area contributed by atoms with Gasteiger partial charge in [-0.1, -0.05) is 6.92 Å². The summed E-state index contributed by atoms with van der Waals surface area (Å²) in [4.78, 5) is 29.8. The average molecular weight is 354 g/mol. The van der Waals surface area contributed by atoms with Gasteiger partial charge in [-0.05, 0) is 32.7 Å². The van der Waals surface area contributed by atoms with E-state index in [0.29, 0.717) is 19.4 Å². The minimum Gasteiger partial charge on any atom is -0.480 e. The third-order valence-corrected chi connectivity index (χ3v) is 2.48. The van der Waals surface area contributed by atoms with Gasteiger partial charge in [0.1, 0.15) is 6.04 Å². The molecule has 0 unspecified atom stereocenters. The lowest BCUT2D eigenvalue weighted by atomic mass is 10.1. The molecule has 0 heterocycles. The summed E-state index contributed by atoms with van der Waals surface area (Å²) in [6.45, 7) is 3.34. The van der Waals surface area contributed by atoms with Gasteiger partial charge in [0, 0.05) is 0 Å². The average Bonchev–Trinajstić information content (AvgIpc) is 2.44. The Morgan fingerprint density at radius 3 is 1.50 bits per heavy atom. The SMILES string of the molecule is CC(N)(N)C(=O)O.CCC(N)(N)C(=O)O.NCCC[C@H](N)C(=O)O. The maximum Gasteiger partial charge on any atom is 0.338 e. The van der Waals surface area contributed by atoms with Crippen LogP contribution in [0.4, 0.5) is 0 Å². The van der Waals surface area contributed by atoms with Crippen LogP contribution in [-0.2, 0) is 14.4 Å². The first-order valence-corrected chi connectivity index (χ1v) is 6.94. The molecule has 0 aliphatic carbocycles. The standard InChI is InChI=1S/C5H12N2O2.C4H10N2O2.C3H8N2O2/c6-3-1-2-4(7)5(8)9;1-2-4(5,6)3(7)8;1-3(4,5)2(6)7/h4H,1-3,6-7H2,(H,8,9);2,5-6H2,1H3,(H,7,8);4-5H2,1H3,(H,6,7)/t4-;;/m0../s1. The van der Waals surface area contributed by atoms with Crippen molar-refractivity contribution < 1.29 is 29.7 Å². The lowest BCUT2D eigenvalue weighted by Gasteiger charge is -2.14. The van der Waals surface area contributed by atoms with Crippen LogP contribution in [0, 0.1) is 0 Å². The molecule has 0 rings (SSSR count). The largest absolute Gasteiger partial charge is 0.480 e. The molecule has 0 saturated heterocycles. The molecule has 0 aromatic carbocycles. The number of hydrogen-bond donors (Lipinski definition) is 9. The van der Waals surface area contributed by atoms with Crippen molar-refractivity contribution in [2.45, 2.75) is 50.5 Å². The van der Waals surface area contributed by atoms with Crippen molar-refractivity contribution in [2.24, 2.45) is 34.4 Å². The monoisotopic (exact) mass is 354 g/mol. The lowest BCUT2D eigenvalue weighted by Crippen LogP contribution is -2.55. The fourth-order valence-electron chi connectivity index (χ4n) is 0.612. The number of rotatable bonds is 7. The van der Waals surface area contributed by atoms with Crippen LogP contribution < -0.4 is 34.4 Å². The van der Waals surface area contributed by atoms with Crippen LogP contribution in [0.25, 0.3) is 0 Å². The molecule has 15 N–H and O–H groups in total. The molecule has 144 valence electrons. The predicted octanol–water partition coefficient (Wildman–Crippen LogP) is -3.06. The maximum atomic E-state index is 10.0. The Labute approximate surface area is 140 Å². The van der Waals surface area contributed by atoms with Crippen molar-refractivity contribution in [3.63, 3.8) is 0 Å². The second kappa shape index (κ2) is 12.6. The summed E-state index contributed by atoms with van der Waals surface area (Å²) < 4.78 is 0. The molecule has 0 bridgehead atoms. The molecule has 0 spiro atoms. The van der Waals surface area contributed by atoms with Crippen molar-refractivity contribution in [3.05, 3.63) is 0 Å². The third kappa shape index (κ3) is 16.5. The van der Waals surface area contributed by atoms with E-state index in [4.69, 9.17) is 49.7 Å². The zero-order chi connectivity index (χ0) is 20.1. The van der Waals surface area contributed by atoms with E-state index in [0.717, 1.165) is 0 Å². The lowest BCUT2D eigenvalue weighted by molar-refractivity contribution is -0.143. The molecule has 24 heavy (non-hydrogen) atoms. The molecule has 12 nitrogen and oxygen atoms in total. The zero-order valence-electron chi connectivity index (χ0n) is 13.9. The van der Waals surface area contributed by atoms with Gasteiger partial charge in [0.25, 0.3) is 0 Å². The fraction of sp³-hybridized carbons (Fsp3) is 0.750. The quantitative estimate of drug-likeness (QED) is 0.206. The summed E-state index contributed by atoms with van der Waals surface area (Å²) in [7, 11) is 0. The number of carbonyl (C=O) groups is 3. The number of carboxylic acid groups (broad SMARTS) is 3. The Bertz CT molecular complexity index is 396. The molecular formula is C12H30N6O6. The summed E-state index contributed by atoms with van der Waals surface area (Å²) in [6.07, 6.45) is 1.38. The van der Waals surface area contributed by atoms with Crippen LogP contribution in [0.5, 0.6) is 0 Å². The van der Waals surface area contributed by atoms with Gasteiger partial charge in [-0.3, -0.25) is 4.79 Å². The Kier molecular flexibility index (Phi) is 14.2. The van der Waals surface area contributed by atoms with Gasteiger partial charge >= 0.3 is 17.9 Å². The van der Waals surface area contributed by atoms with Crippen LogP contribution in [0.3, 0.4) is 0 Å². The minimum absolute atomic E-state index is 0.238. The van der Waals surface area contributed by atoms with E-state index in [1.54, 1.807) is 6.92 Å². The van der Waals surface area contributed by atoms with E-state index in [9.17, 15) is 14.4 Å². The molecule has 0 aliphatic rings. The van der Waals surface area contributed by atoms with Crippen molar-refractivity contribution >= 4 is 17.9 Å². The summed E-state index contributed by atoms with van der Waals surface area (Å²) in [5, 5.41) is 24.4. The molecule has 0 saturated carbocycles. The van der Waals surface area contributed by atoms with E-state index >= 15 is 0 Å².